The minimum absolute atomic E-state index is 0.124. The van der Waals surface area contributed by atoms with Crippen LogP contribution in [0.2, 0.25) is 10.0 Å². The number of hydrogen-bond acceptors (Lipinski definition) is 6. The van der Waals surface area contributed by atoms with Crippen molar-refractivity contribution < 1.29 is 33.6 Å². The molecule has 0 aliphatic heterocycles. The molecule has 1 aliphatic rings. The number of aliphatic hydroxyl groups excluding tert-OH is 1. The third-order valence-electron chi connectivity index (χ3n) is 6.40. The van der Waals surface area contributed by atoms with Crippen LogP contribution < -0.4 is 0 Å². The molecule has 1 saturated carbocycles. The number of ether oxygens (including phenoxy) is 2. The molecule has 4 atom stereocenters. The Morgan fingerprint density at radius 3 is 2.31 bits per heavy atom. The van der Waals surface area contributed by atoms with Gasteiger partial charge in [-0.1, -0.05) is 62.4 Å². The van der Waals surface area contributed by atoms with Gasteiger partial charge in [0, 0.05) is 25.7 Å². The monoisotopic (exact) mass is 565 g/mol. The van der Waals surface area contributed by atoms with E-state index in [-0.39, 0.29) is 29.7 Å². The zero-order valence-corrected chi connectivity index (χ0v) is 23.8. The van der Waals surface area contributed by atoms with E-state index in [0.717, 1.165) is 37.0 Å². The van der Waals surface area contributed by atoms with Gasteiger partial charge in [-0.3, -0.25) is 14.3 Å². The maximum atomic E-state index is 13.1. The van der Waals surface area contributed by atoms with Crippen LogP contribution in [0.5, 0.6) is 0 Å². The number of aliphatic hydroxyl groups is 1. The average molecular weight is 566 g/mol. The van der Waals surface area contributed by atoms with Gasteiger partial charge in [-0.15, -0.1) is 0 Å². The number of esters is 1. The van der Waals surface area contributed by atoms with Gasteiger partial charge in [-0.2, -0.15) is 0 Å². The molecule has 3 unspecified atom stereocenters. The van der Waals surface area contributed by atoms with Gasteiger partial charge >= 0.3 is 12.1 Å². The number of hydrogen-bond donors (Lipinski definition) is 2. The van der Waals surface area contributed by atoms with Crippen LogP contribution in [0.25, 0.3) is 0 Å². The summed E-state index contributed by atoms with van der Waals surface area (Å²) < 4.78 is 23.3. The van der Waals surface area contributed by atoms with E-state index in [9.17, 15) is 24.2 Å². The van der Waals surface area contributed by atoms with Gasteiger partial charge in [0.15, 0.2) is 0 Å². The molecule has 0 heterocycles. The molecule has 36 heavy (non-hydrogen) atoms. The predicted molar refractivity (Wildman–Crippen MR) is 140 cm³/mol. The largest absolute Gasteiger partial charge is 0.425 e. The van der Waals surface area contributed by atoms with Crippen LogP contribution in [-0.4, -0.2) is 51.8 Å². The molecule has 0 aromatic heterocycles. The van der Waals surface area contributed by atoms with Crippen molar-refractivity contribution in [1.29, 1.82) is 0 Å². The minimum Gasteiger partial charge on any atom is -0.425 e. The number of amides is 1. The molecular formula is C25H38Cl2NO7P. The molecule has 1 aromatic carbocycles. The summed E-state index contributed by atoms with van der Waals surface area (Å²) in [7, 11) is -3.51. The Labute approximate surface area is 223 Å². The van der Waals surface area contributed by atoms with Crippen molar-refractivity contribution >= 4 is 42.6 Å². The second-order valence-corrected chi connectivity index (χ2v) is 13.1. The number of carbonyl (C=O) groups is 2. The standard InChI is InChI=1S/C25H38Cl2NO7P/c1-16(2)24(30)34-18(4)35-25(31)28(17(3)20-10-11-21(26)22(27)14-20)23(29)12-13-36(32,33)15-19-8-6-5-7-9-19/h10-11,14,16-19,23,29H,5-9,12-13,15H2,1-4H3,(H,32,33)/t17-,18?,23?/m1/s1. The van der Waals surface area contributed by atoms with E-state index < -0.39 is 43.9 Å². The summed E-state index contributed by atoms with van der Waals surface area (Å²) in [5.41, 5.74) is 0.571. The van der Waals surface area contributed by atoms with Crippen LogP contribution in [0.4, 0.5) is 4.79 Å². The number of nitrogens with zero attached hydrogens (tertiary/aromatic N) is 1. The van der Waals surface area contributed by atoms with Crippen LogP contribution in [0, 0.1) is 11.8 Å². The highest BCUT2D eigenvalue weighted by molar-refractivity contribution is 7.58. The van der Waals surface area contributed by atoms with Crippen molar-refractivity contribution in [3.63, 3.8) is 0 Å². The third-order valence-corrected chi connectivity index (χ3v) is 9.18. The Kier molecular flexibility index (Phi) is 12.0. The molecule has 2 N–H and O–H groups in total. The van der Waals surface area contributed by atoms with Crippen molar-refractivity contribution in [2.45, 2.75) is 84.8 Å². The number of rotatable bonds is 11. The molecule has 8 nitrogen and oxygen atoms in total. The highest BCUT2D eigenvalue weighted by Crippen LogP contribution is 2.46. The fraction of sp³-hybridized carbons (Fsp3) is 0.680. The van der Waals surface area contributed by atoms with Gasteiger partial charge in [0.1, 0.15) is 6.23 Å². The lowest BCUT2D eigenvalue weighted by Gasteiger charge is -2.34. The zero-order valence-electron chi connectivity index (χ0n) is 21.4. The molecule has 0 bridgehead atoms. The smallest absolute Gasteiger partial charge is 0.415 e. The van der Waals surface area contributed by atoms with Crippen molar-refractivity contribution in [2.75, 3.05) is 12.3 Å². The first-order chi connectivity index (χ1) is 16.8. The molecule has 0 spiro atoms. The fourth-order valence-electron chi connectivity index (χ4n) is 4.32. The molecule has 1 aromatic rings. The summed E-state index contributed by atoms with van der Waals surface area (Å²) in [6.07, 6.45) is 1.54. The lowest BCUT2D eigenvalue weighted by atomic mass is 9.91. The third kappa shape index (κ3) is 9.53. The maximum Gasteiger partial charge on any atom is 0.415 e. The van der Waals surface area contributed by atoms with E-state index in [1.807, 2.05) is 0 Å². The summed E-state index contributed by atoms with van der Waals surface area (Å²) in [5.74, 6) is -0.742. The number of carbonyl (C=O) groups excluding carboxylic acids is 2. The summed E-state index contributed by atoms with van der Waals surface area (Å²) >= 11 is 12.2. The van der Waals surface area contributed by atoms with E-state index in [1.165, 1.54) is 6.92 Å². The number of benzene rings is 1. The summed E-state index contributed by atoms with van der Waals surface area (Å²) in [5, 5.41) is 11.6. The normalized spacial score (nSPS) is 18.7. The fourth-order valence-corrected chi connectivity index (χ4v) is 6.61. The first-order valence-electron chi connectivity index (χ1n) is 12.4. The Morgan fingerprint density at radius 1 is 1.08 bits per heavy atom. The second-order valence-electron chi connectivity index (χ2n) is 9.83. The van der Waals surface area contributed by atoms with Crippen molar-refractivity contribution in [3.8, 4) is 0 Å². The van der Waals surface area contributed by atoms with Crippen molar-refractivity contribution in [3.05, 3.63) is 33.8 Å². The molecule has 1 fully saturated rings. The first-order valence-corrected chi connectivity index (χ1v) is 15.2. The SMILES string of the molecule is CC(OC(=O)C(C)C)OC(=O)N(C(O)CCP(=O)(O)CC1CCCCC1)[C@H](C)c1ccc(Cl)c(Cl)c1. The molecular weight excluding hydrogens is 528 g/mol. The minimum atomic E-state index is -3.51. The van der Waals surface area contributed by atoms with Gasteiger partial charge < -0.3 is 19.5 Å². The topological polar surface area (TPSA) is 113 Å². The lowest BCUT2D eigenvalue weighted by Crippen LogP contribution is -2.44. The first kappa shape index (κ1) is 30.9. The summed E-state index contributed by atoms with van der Waals surface area (Å²) in [6.45, 7) is 6.37. The van der Waals surface area contributed by atoms with Gasteiger partial charge in [-0.25, -0.2) is 4.79 Å². The maximum absolute atomic E-state index is 13.1. The molecule has 1 aliphatic carbocycles. The summed E-state index contributed by atoms with van der Waals surface area (Å²) in [4.78, 5) is 36.6. The molecule has 11 heteroatoms. The Bertz CT molecular complexity index is 939. The Hall–Kier alpha value is -1.31. The van der Waals surface area contributed by atoms with Crippen LogP contribution in [-0.2, 0) is 18.8 Å². The van der Waals surface area contributed by atoms with E-state index in [4.69, 9.17) is 32.7 Å². The molecule has 0 saturated heterocycles. The van der Waals surface area contributed by atoms with Crippen LogP contribution >= 0.6 is 30.6 Å². The van der Waals surface area contributed by atoms with E-state index >= 15 is 0 Å². The molecule has 204 valence electrons. The van der Waals surface area contributed by atoms with E-state index in [0.29, 0.717) is 10.6 Å². The molecule has 1 amide bonds. The highest BCUT2D eigenvalue weighted by Gasteiger charge is 2.34. The van der Waals surface area contributed by atoms with Crippen molar-refractivity contribution in [1.82, 2.24) is 4.90 Å². The van der Waals surface area contributed by atoms with Crippen molar-refractivity contribution in [2.24, 2.45) is 11.8 Å². The van der Waals surface area contributed by atoms with Crippen LogP contribution in [0.15, 0.2) is 18.2 Å². The van der Waals surface area contributed by atoms with E-state index in [2.05, 4.69) is 0 Å². The second kappa shape index (κ2) is 14.0. The quantitative estimate of drug-likeness (QED) is 0.176. The lowest BCUT2D eigenvalue weighted by molar-refractivity contribution is -0.171. The molecule has 0 radical (unpaired) electrons. The predicted octanol–water partition coefficient (Wildman–Crippen LogP) is 6.60. The van der Waals surface area contributed by atoms with Crippen LogP contribution in [0.3, 0.4) is 0 Å². The summed E-state index contributed by atoms with van der Waals surface area (Å²) in [6, 6.07) is 4.08. The van der Waals surface area contributed by atoms with Gasteiger partial charge in [0.2, 0.25) is 13.7 Å². The zero-order chi connectivity index (χ0) is 27.0. The van der Waals surface area contributed by atoms with Gasteiger partial charge in [0.05, 0.1) is 22.0 Å². The van der Waals surface area contributed by atoms with Gasteiger partial charge in [-0.05, 0) is 43.4 Å². The molecule has 2 rings (SSSR count). The Morgan fingerprint density at radius 2 is 1.72 bits per heavy atom. The van der Waals surface area contributed by atoms with E-state index in [1.54, 1.807) is 39.0 Å². The average Bonchev–Trinajstić information content (AvgIpc) is 2.79. The van der Waals surface area contributed by atoms with Crippen LogP contribution in [0.1, 0.15) is 77.8 Å². The highest BCUT2D eigenvalue weighted by atomic mass is 35.5. The van der Waals surface area contributed by atoms with Gasteiger partial charge in [0.25, 0.3) is 0 Å². The Balaban J connectivity index is 2.16. The number of halogens is 2.